The number of aromatic amines is 1. The first-order chi connectivity index (χ1) is 11.2. The van der Waals surface area contributed by atoms with Crippen molar-refractivity contribution < 1.29 is 4.79 Å². The molecule has 0 bridgehead atoms. The third-order valence-corrected chi connectivity index (χ3v) is 3.77. The Balaban J connectivity index is 1.62. The minimum atomic E-state index is -0.357. The highest BCUT2D eigenvalue weighted by Gasteiger charge is 2.11. The lowest BCUT2D eigenvalue weighted by atomic mass is 10.1. The van der Waals surface area contributed by atoms with E-state index >= 15 is 0 Å². The van der Waals surface area contributed by atoms with Gasteiger partial charge in [-0.25, -0.2) is 0 Å². The molecule has 0 aliphatic heterocycles. The Kier molecular flexibility index (Phi) is 4.52. The first-order valence-corrected chi connectivity index (χ1v) is 7.68. The van der Waals surface area contributed by atoms with Gasteiger partial charge in [0.1, 0.15) is 5.56 Å². The molecule has 0 radical (unpaired) electrons. The van der Waals surface area contributed by atoms with Crippen LogP contribution in [0.4, 0.5) is 0 Å². The van der Waals surface area contributed by atoms with Gasteiger partial charge in [-0.05, 0) is 35.9 Å². The summed E-state index contributed by atoms with van der Waals surface area (Å²) in [6.07, 6.45) is 1.73. The van der Waals surface area contributed by atoms with Gasteiger partial charge in [0, 0.05) is 12.1 Å². The predicted octanol–water partition coefficient (Wildman–Crippen LogP) is 2.89. The minimum absolute atomic E-state index is 0.156. The maximum atomic E-state index is 12.2. The van der Waals surface area contributed by atoms with Gasteiger partial charge in [-0.1, -0.05) is 48.5 Å². The van der Waals surface area contributed by atoms with Gasteiger partial charge in [-0.15, -0.1) is 0 Å². The quantitative estimate of drug-likeness (QED) is 0.712. The zero-order valence-electron chi connectivity index (χ0n) is 12.7. The van der Waals surface area contributed by atoms with Crippen LogP contribution in [0, 0.1) is 0 Å². The van der Waals surface area contributed by atoms with Gasteiger partial charge in [0.05, 0.1) is 0 Å². The molecule has 4 nitrogen and oxygen atoms in total. The number of aromatic nitrogens is 1. The number of aryl methyl sites for hydroxylation is 1. The van der Waals surface area contributed by atoms with Crippen molar-refractivity contribution in [1.82, 2.24) is 10.3 Å². The zero-order valence-corrected chi connectivity index (χ0v) is 12.7. The minimum Gasteiger partial charge on any atom is -0.352 e. The molecule has 1 heterocycles. The van der Waals surface area contributed by atoms with E-state index in [1.54, 1.807) is 6.07 Å². The molecule has 0 atom stereocenters. The number of H-pyrrole nitrogens is 1. The number of amides is 1. The molecule has 0 saturated carbocycles. The van der Waals surface area contributed by atoms with E-state index in [2.05, 4.69) is 22.4 Å². The summed E-state index contributed by atoms with van der Waals surface area (Å²) >= 11 is 0. The van der Waals surface area contributed by atoms with Crippen molar-refractivity contribution in [1.29, 1.82) is 0 Å². The maximum absolute atomic E-state index is 12.2. The van der Waals surface area contributed by atoms with Crippen molar-refractivity contribution in [2.75, 3.05) is 6.54 Å². The summed E-state index contributed by atoms with van der Waals surface area (Å²) < 4.78 is 0. The Hall–Kier alpha value is -2.88. The van der Waals surface area contributed by atoms with Crippen molar-refractivity contribution in [3.8, 4) is 0 Å². The second kappa shape index (κ2) is 6.92. The second-order valence-electron chi connectivity index (χ2n) is 5.44. The highest BCUT2D eigenvalue weighted by Crippen LogP contribution is 2.10. The fourth-order valence-corrected chi connectivity index (χ4v) is 2.55. The van der Waals surface area contributed by atoms with Crippen molar-refractivity contribution in [2.24, 2.45) is 0 Å². The third kappa shape index (κ3) is 3.66. The number of nitrogens with one attached hydrogen (secondary N) is 2. The lowest BCUT2D eigenvalue weighted by Crippen LogP contribution is -2.30. The van der Waals surface area contributed by atoms with Crippen LogP contribution in [0.25, 0.3) is 10.9 Å². The number of hydrogen-bond donors (Lipinski definition) is 2. The average Bonchev–Trinajstić information content (AvgIpc) is 2.59. The van der Waals surface area contributed by atoms with Crippen molar-refractivity contribution in [3.63, 3.8) is 0 Å². The van der Waals surface area contributed by atoms with E-state index in [0.29, 0.717) is 6.54 Å². The summed E-state index contributed by atoms with van der Waals surface area (Å²) in [6, 6.07) is 19.2. The number of para-hydroxylation sites is 1. The molecule has 0 aliphatic rings. The summed E-state index contributed by atoms with van der Waals surface area (Å²) in [6.45, 7) is 0.542. The Labute approximate surface area is 134 Å². The fourth-order valence-electron chi connectivity index (χ4n) is 2.55. The number of hydrogen-bond acceptors (Lipinski definition) is 2. The maximum Gasteiger partial charge on any atom is 0.261 e. The molecule has 2 aromatic carbocycles. The van der Waals surface area contributed by atoms with Gasteiger partial charge in [0.15, 0.2) is 0 Å². The van der Waals surface area contributed by atoms with E-state index in [9.17, 15) is 9.59 Å². The van der Waals surface area contributed by atoms with E-state index in [-0.39, 0.29) is 17.0 Å². The largest absolute Gasteiger partial charge is 0.352 e. The SMILES string of the molecule is O=C(NCCCc1ccccc1)c1cc2ccccc2[nH]c1=O. The van der Waals surface area contributed by atoms with Crippen LogP contribution >= 0.6 is 0 Å². The van der Waals surface area contributed by atoms with Gasteiger partial charge in [0.2, 0.25) is 0 Å². The van der Waals surface area contributed by atoms with E-state index in [1.165, 1.54) is 5.56 Å². The lowest BCUT2D eigenvalue weighted by Gasteiger charge is -2.06. The third-order valence-electron chi connectivity index (χ3n) is 3.77. The first-order valence-electron chi connectivity index (χ1n) is 7.68. The van der Waals surface area contributed by atoms with E-state index in [1.807, 2.05) is 42.5 Å². The van der Waals surface area contributed by atoms with Crippen LogP contribution in [-0.2, 0) is 6.42 Å². The molecule has 3 rings (SSSR count). The zero-order chi connectivity index (χ0) is 16.1. The normalized spacial score (nSPS) is 10.6. The van der Waals surface area contributed by atoms with E-state index in [0.717, 1.165) is 23.7 Å². The highest BCUT2D eigenvalue weighted by molar-refractivity contribution is 5.97. The monoisotopic (exact) mass is 306 g/mol. The molecule has 0 spiro atoms. The molecule has 0 fully saturated rings. The molecular weight excluding hydrogens is 288 g/mol. The molecule has 0 aliphatic carbocycles. The lowest BCUT2D eigenvalue weighted by molar-refractivity contribution is 0.0952. The molecule has 4 heteroatoms. The van der Waals surface area contributed by atoms with Crippen LogP contribution < -0.4 is 10.9 Å². The van der Waals surface area contributed by atoms with Crippen LogP contribution in [0.15, 0.2) is 65.5 Å². The number of carbonyl (C=O) groups is 1. The second-order valence-corrected chi connectivity index (χ2v) is 5.44. The molecule has 3 aromatic rings. The smallest absolute Gasteiger partial charge is 0.261 e. The van der Waals surface area contributed by atoms with Crippen LogP contribution in [0.1, 0.15) is 22.3 Å². The molecular formula is C19H18N2O2. The van der Waals surface area contributed by atoms with Crippen molar-refractivity contribution in [2.45, 2.75) is 12.8 Å². The van der Waals surface area contributed by atoms with Crippen molar-refractivity contribution in [3.05, 3.63) is 82.1 Å². The summed E-state index contributed by atoms with van der Waals surface area (Å²) in [4.78, 5) is 26.9. The fraction of sp³-hybridized carbons (Fsp3) is 0.158. The predicted molar refractivity (Wildman–Crippen MR) is 91.7 cm³/mol. The van der Waals surface area contributed by atoms with Gasteiger partial charge < -0.3 is 10.3 Å². The van der Waals surface area contributed by atoms with Crippen LogP contribution in [0.2, 0.25) is 0 Å². The molecule has 2 N–H and O–H groups in total. The Morgan fingerprint density at radius 1 is 1.00 bits per heavy atom. The Morgan fingerprint density at radius 2 is 1.74 bits per heavy atom. The molecule has 0 saturated heterocycles. The highest BCUT2D eigenvalue weighted by atomic mass is 16.2. The number of fused-ring (bicyclic) bond motifs is 1. The molecule has 0 unspecified atom stereocenters. The van der Waals surface area contributed by atoms with Gasteiger partial charge in [0.25, 0.3) is 11.5 Å². The number of carbonyl (C=O) groups excluding carboxylic acids is 1. The van der Waals surface area contributed by atoms with E-state index in [4.69, 9.17) is 0 Å². The number of benzene rings is 2. The standard InChI is InChI=1S/C19H18N2O2/c22-18(20-12-6-9-14-7-2-1-3-8-14)16-13-15-10-4-5-11-17(15)21-19(16)23/h1-5,7-8,10-11,13H,6,9,12H2,(H,20,22)(H,21,23). The molecule has 116 valence electrons. The summed E-state index contributed by atoms with van der Waals surface area (Å²) in [5.74, 6) is -0.329. The van der Waals surface area contributed by atoms with Crippen LogP contribution in [0.3, 0.4) is 0 Å². The Bertz CT molecular complexity index is 869. The summed E-state index contributed by atoms with van der Waals surface area (Å²) in [5, 5.41) is 3.66. The van der Waals surface area contributed by atoms with Gasteiger partial charge >= 0.3 is 0 Å². The van der Waals surface area contributed by atoms with Crippen LogP contribution in [-0.4, -0.2) is 17.4 Å². The first kappa shape index (κ1) is 15.0. The number of rotatable bonds is 5. The molecule has 1 amide bonds. The summed E-state index contributed by atoms with van der Waals surface area (Å²) in [5.41, 5.74) is 1.77. The van der Waals surface area contributed by atoms with Gasteiger partial charge in [-0.2, -0.15) is 0 Å². The van der Waals surface area contributed by atoms with Gasteiger partial charge in [-0.3, -0.25) is 9.59 Å². The summed E-state index contributed by atoms with van der Waals surface area (Å²) in [7, 11) is 0. The average molecular weight is 306 g/mol. The molecule has 1 aromatic heterocycles. The number of pyridine rings is 1. The Morgan fingerprint density at radius 3 is 2.57 bits per heavy atom. The molecule has 23 heavy (non-hydrogen) atoms. The van der Waals surface area contributed by atoms with Crippen LogP contribution in [0.5, 0.6) is 0 Å². The topological polar surface area (TPSA) is 62.0 Å². The van der Waals surface area contributed by atoms with E-state index < -0.39 is 0 Å². The van der Waals surface area contributed by atoms with Crippen molar-refractivity contribution >= 4 is 16.8 Å².